The Hall–Kier alpha value is -1.77. The Morgan fingerprint density at radius 2 is 2.10 bits per heavy atom. The number of carbonyl (C=O) groups excluding carboxylic acids is 1. The van der Waals surface area contributed by atoms with Crippen molar-refractivity contribution in [2.45, 2.75) is 26.2 Å². The first-order valence-corrected chi connectivity index (χ1v) is 7.12. The second-order valence-electron chi connectivity index (χ2n) is 5.39. The predicted molar refractivity (Wildman–Crippen MR) is 78.7 cm³/mol. The minimum atomic E-state index is -0.167. The maximum absolute atomic E-state index is 11.9. The van der Waals surface area contributed by atoms with Crippen LogP contribution in [0.1, 0.15) is 25.3 Å². The Morgan fingerprint density at radius 3 is 2.85 bits per heavy atom. The third kappa shape index (κ3) is 4.12. The topological polar surface area (TPSA) is 35.5 Å². The fourth-order valence-electron chi connectivity index (χ4n) is 2.44. The van der Waals surface area contributed by atoms with Crippen LogP contribution in [0.15, 0.2) is 36.4 Å². The number of hydrogen-bond donors (Lipinski definition) is 0. The van der Waals surface area contributed by atoms with Crippen LogP contribution in [0.2, 0.25) is 0 Å². The molecule has 0 radical (unpaired) electrons. The molecule has 0 aliphatic heterocycles. The lowest BCUT2D eigenvalue weighted by atomic mass is 9.85. The summed E-state index contributed by atoms with van der Waals surface area (Å²) in [5.41, 5.74) is 0.922. The van der Waals surface area contributed by atoms with Gasteiger partial charge in [-0.25, -0.2) is 0 Å². The molecule has 0 saturated heterocycles. The molecule has 3 nitrogen and oxygen atoms in total. The molecule has 2 atom stereocenters. The third-order valence-electron chi connectivity index (χ3n) is 3.86. The van der Waals surface area contributed by atoms with Crippen LogP contribution in [0, 0.1) is 11.8 Å². The van der Waals surface area contributed by atoms with Crippen LogP contribution in [0.25, 0.3) is 0 Å². The summed E-state index contributed by atoms with van der Waals surface area (Å²) < 4.78 is 10.6. The molecular weight excluding hydrogens is 252 g/mol. The Labute approximate surface area is 120 Å². The highest BCUT2D eigenvalue weighted by Crippen LogP contribution is 2.25. The van der Waals surface area contributed by atoms with E-state index >= 15 is 0 Å². The second-order valence-corrected chi connectivity index (χ2v) is 5.39. The molecule has 0 bridgehead atoms. The van der Waals surface area contributed by atoms with Crippen molar-refractivity contribution in [3.8, 4) is 5.75 Å². The predicted octanol–water partition coefficient (Wildman–Crippen LogP) is 3.38. The maximum atomic E-state index is 11.9. The largest absolute Gasteiger partial charge is 0.497 e. The van der Waals surface area contributed by atoms with Crippen LogP contribution in [0.3, 0.4) is 0 Å². The fourth-order valence-corrected chi connectivity index (χ4v) is 2.44. The molecular formula is C17H22O3. The van der Waals surface area contributed by atoms with Crippen molar-refractivity contribution in [1.29, 1.82) is 0 Å². The zero-order valence-corrected chi connectivity index (χ0v) is 12.2. The molecule has 3 heteroatoms. The normalized spacial score (nSPS) is 21.5. The SMILES string of the molecule is COc1cccc(CC(=O)OC[C@@H]2CC=CC[C@H]2C)c1. The first kappa shape index (κ1) is 14.6. The summed E-state index contributed by atoms with van der Waals surface area (Å²) in [7, 11) is 1.62. The average Bonchev–Trinajstić information content (AvgIpc) is 2.46. The molecule has 1 aromatic rings. The lowest BCUT2D eigenvalue weighted by Gasteiger charge is -2.24. The van der Waals surface area contributed by atoms with Gasteiger partial charge in [-0.2, -0.15) is 0 Å². The molecule has 0 unspecified atom stereocenters. The minimum absolute atomic E-state index is 0.167. The number of hydrogen-bond acceptors (Lipinski definition) is 3. The van der Waals surface area contributed by atoms with Gasteiger partial charge in [-0.1, -0.05) is 31.2 Å². The van der Waals surface area contributed by atoms with E-state index in [-0.39, 0.29) is 5.97 Å². The van der Waals surface area contributed by atoms with Crippen LogP contribution >= 0.6 is 0 Å². The van der Waals surface area contributed by atoms with Crippen LogP contribution in [-0.4, -0.2) is 19.7 Å². The smallest absolute Gasteiger partial charge is 0.310 e. The monoisotopic (exact) mass is 274 g/mol. The standard InChI is InChI=1S/C17H22O3/c1-13-6-3-4-8-15(13)12-20-17(18)11-14-7-5-9-16(10-14)19-2/h3-5,7,9-10,13,15H,6,8,11-12H2,1-2H3/t13-,15+/m1/s1. The van der Waals surface area contributed by atoms with Gasteiger partial charge in [0.15, 0.2) is 0 Å². The van der Waals surface area contributed by atoms with E-state index in [4.69, 9.17) is 9.47 Å². The number of methoxy groups -OCH3 is 1. The molecule has 20 heavy (non-hydrogen) atoms. The summed E-state index contributed by atoms with van der Waals surface area (Å²) in [4.78, 5) is 11.9. The van der Waals surface area contributed by atoms with Crippen molar-refractivity contribution in [2.24, 2.45) is 11.8 Å². The molecule has 0 spiro atoms. The third-order valence-corrected chi connectivity index (χ3v) is 3.86. The number of allylic oxidation sites excluding steroid dienone is 2. The van der Waals surface area contributed by atoms with E-state index in [0.29, 0.717) is 24.9 Å². The van der Waals surface area contributed by atoms with Crippen LogP contribution < -0.4 is 4.74 Å². The number of ether oxygens (including phenoxy) is 2. The van der Waals surface area contributed by atoms with E-state index in [1.807, 2.05) is 24.3 Å². The van der Waals surface area contributed by atoms with Crippen molar-refractivity contribution in [3.05, 3.63) is 42.0 Å². The highest BCUT2D eigenvalue weighted by atomic mass is 16.5. The van der Waals surface area contributed by atoms with Crippen molar-refractivity contribution in [3.63, 3.8) is 0 Å². The molecule has 0 fully saturated rings. The molecule has 0 aromatic heterocycles. The lowest BCUT2D eigenvalue weighted by molar-refractivity contribution is -0.144. The van der Waals surface area contributed by atoms with E-state index in [0.717, 1.165) is 24.2 Å². The molecule has 0 heterocycles. The zero-order valence-electron chi connectivity index (χ0n) is 12.2. The molecule has 0 N–H and O–H groups in total. The average molecular weight is 274 g/mol. The van der Waals surface area contributed by atoms with Gasteiger partial charge in [0, 0.05) is 0 Å². The maximum Gasteiger partial charge on any atom is 0.310 e. The summed E-state index contributed by atoms with van der Waals surface area (Å²) >= 11 is 0. The van der Waals surface area contributed by atoms with Crippen LogP contribution in [0.5, 0.6) is 5.75 Å². The van der Waals surface area contributed by atoms with Crippen molar-refractivity contribution in [2.75, 3.05) is 13.7 Å². The molecule has 1 aromatic carbocycles. The van der Waals surface area contributed by atoms with E-state index < -0.39 is 0 Å². The molecule has 1 aliphatic rings. The summed E-state index contributed by atoms with van der Waals surface area (Å²) in [6.45, 7) is 2.73. The van der Waals surface area contributed by atoms with Gasteiger partial charge in [0.2, 0.25) is 0 Å². The van der Waals surface area contributed by atoms with Crippen molar-refractivity contribution < 1.29 is 14.3 Å². The van der Waals surface area contributed by atoms with Crippen LogP contribution in [0.4, 0.5) is 0 Å². The molecule has 1 aliphatic carbocycles. The number of rotatable bonds is 5. The lowest BCUT2D eigenvalue weighted by Crippen LogP contribution is -2.22. The van der Waals surface area contributed by atoms with Gasteiger partial charge in [-0.05, 0) is 42.4 Å². The van der Waals surface area contributed by atoms with E-state index in [2.05, 4.69) is 19.1 Å². The summed E-state index contributed by atoms with van der Waals surface area (Å²) in [6.07, 6.45) is 6.78. The zero-order chi connectivity index (χ0) is 14.4. The summed E-state index contributed by atoms with van der Waals surface area (Å²) in [5.74, 6) is 1.64. The van der Waals surface area contributed by atoms with Crippen molar-refractivity contribution >= 4 is 5.97 Å². The first-order valence-electron chi connectivity index (χ1n) is 7.12. The van der Waals surface area contributed by atoms with Gasteiger partial charge < -0.3 is 9.47 Å². The number of carbonyl (C=O) groups is 1. The van der Waals surface area contributed by atoms with E-state index in [9.17, 15) is 4.79 Å². The quantitative estimate of drug-likeness (QED) is 0.610. The summed E-state index contributed by atoms with van der Waals surface area (Å²) in [6, 6.07) is 7.53. The van der Waals surface area contributed by atoms with E-state index in [1.165, 1.54) is 0 Å². The molecule has 108 valence electrons. The fraction of sp³-hybridized carbons (Fsp3) is 0.471. The highest BCUT2D eigenvalue weighted by molar-refractivity contribution is 5.72. The number of esters is 1. The van der Waals surface area contributed by atoms with Gasteiger partial charge in [0.05, 0.1) is 20.1 Å². The number of benzene rings is 1. The Morgan fingerprint density at radius 1 is 1.30 bits per heavy atom. The van der Waals surface area contributed by atoms with Gasteiger partial charge in [0.25, 0.3) is 0 Å². The molecule has 0 saturated carbocycles. The van der Waals surface area contributed by atoms with Gasteiger partial charge >= 0.3 is 5.97 Å². The molecule has 2 rings (SSSR count). The van der Waals surface area contributed by atoms with Crippen molar-refractivity contribution in [1.82, 2.24) is 0 Å². The molecule has 0 amide bonds. The minimum Gasteiger partial charge on any atom is -0.497 e. The van der Waals surface area contributed by atoms with Gasteiger partial charge in [-0.3, -0.25) is 4.79 Å². The Balaban J connectivity index is 1.81. The Kier molecular flexibility index (Phi) is 5.22. The van der Waals surface area contributed by atoms with Crippen LogP contribution in [-0.2, 0) is 16.0 Å². The highest BCUT2D eigenvalue weighted by Gasteiger charge is 2.20. The second kappa shape index (κ2) is 7.13. The first-order chi connectivity index (χ1) is 9.69. The summed E-state index contributed by atoms with van der Waals surface area (Å²) in [5, 5.41) is 0. The Bertz CT molecular complexity index is 479. The van der Waals surface area contributed by atoms with E-state index in [1.54, 1.807) is 7.11 Å². The van der Waals surface area contributed by atoms with Gasteiger partial charge in [-0.15, -0.1) is 0 Å². The van der Waals surface area contributed by atoms with Gasteiger partial charge in [0.1, 0.15) is 5.75 Å².